The van der Waals surface area contributed by atoms with Crippen LogP contribution >= 0.6 is 11.3 Å². The van der Waals surface area contributed by atoms with Crippen LogP contribution < -0.4 is 5.32 Å². The van der Waals surface area contributed by atoms with Gasteiger partial charge < -0.3 is 5.32 Å². The zero-order valence-electron chi connectivity index (χ0n) is 9.91. The van der Waals surface area contributed by atoms with Crippen LogP contribution in [0.4, 0.5) is 0 Å². The van der Waals surface area contributed by atoms with Gasteiger partial charge in [-0.25, -0.2) is 0 Å². The van der Waals surface area contributed by atoms with Crippen molar-refractivity contribution < 1.29 is 0 Å². The molecule has 0 radical (unpaired) electrons. The van der Waals surface area contributed by atoms with Crippen molar-refractivity contribution in [2.45, 2.75) is 44.2 Å². The molecule has 88 valence electrons. The third-order valence-electron chi connectivity index (χ3n) is 3.83. The van der Waals surface area contributed by atoms with Crippen molar-refractivity contribution in [3.05, 3.63) is 34.7 Å². The summed E-state index contributed by atoms with van der Waals surface area (Å²) < 4.78 is 1.47. The smallest absolute Gasteiger partial charge is 0.0349 e. The molecule has 2 saturated carbocycles. The lowest BCUT2D eigenvalue weighted by molar-refractivity contribution is 0.691. The third-order valence-corrected chi connectivity index (χ3v) is 5.01. The first-order valence-corrected chi connectivity index (χ1v) is 7.47. The quantitative estimate of drug-likeness (QED) is 0.855. The molecule has 1 N–H and O–H groups in total. The fourth-order valence-corrected chi connectivity index (χ4v) is 3.83. The van der Waals surface area contributed by atoms with Crippen molar-refractivity contribution >= 4 is 21.4 Å². The van der Waals surface area contributed by atoms with Crippen molar-refractivity contribution in [1.29, 1.82) is 0 Å². The highest BCUT2D eigenvalue weighted by Gasteiger charge is 2.30. The molecule has 0 bridgehead atoms. The van der Waals surface area contributed by atoms with Gasteiger partial charge in [0.2, 0.25) is 0 Å². The van der Waals surface area contributed by atoms with Crippen LogP contribution in [0.25, 0.3) is 10.1 Å². The minimum absolute atomic E-state index is 0.812. The van der Waals surface area contributed by atoms with Gasteiger partial charge in [-0.1, -0.05) is 18.2 Å². The maximum absolute atomic E-state index is 3.67. The standard InChI is InChI=1S/C15H17NS/c1-2-4-13-12(3-1)15(10-5-6-10)14(17-13)9-16-11-7-8-11/h1-4,10-11,16H,5-9H2. The lowest BCUT2D eigenvalue weighted by Gasteiger charge is -2.04. The van der Waals surface area contributed by atoms with E-state index in [9.17, 15) is 0 Å². The van der Waals surface area contributed by atoms with Gasteiger partial charge >= 0.3 is 0 Å². The van der Waals surface area contributed by atoms with E-state index in [0.29, 0.717) is 0 Å². The van der Waals surface area contributed by atoms with Crippen LogP contribution in [0, 0.1) is 0 Å². The van der Waals surface area contributed by atoms with Crippen LogP contribution in [-0.2, 0) is 6.54 Å². The summed E-state index contributed by atoms with van der Waals surface area (Å²) in [4.78, 5) is 1.60. The number of hydrogen-bond acceptors (Lipinski definition) is 2. The van der Waals surface area contributed by atoms with Gasteiger partial charge in [-0.05, 0) is 48.6 Å². The fraction of sp³-hybridized carbons (Fsp3) is 0.467. The summed E-state index contributed by atoms with van der Waals surface area (Å²) in [5.74, 6) is 0.863. The zero-order chi connectivity index (χ0) is 11.2. The van der Waals surface area contributed by atoms with Gasteiger partial charge in [0.1, 0.15) is 0 Å². The van der Waals surface area contributed by atoms with Crippen LogP contribution in [0.2, 0.25) is 0 Å². The first-order chi connectivity index (χ1) is 8.42. The maximum atomic E-state index is 3.67. The van der Waals surface area contributed by atoms with Crippen LogP contribution in [0.15, 0.2) is 24.3 Å². The summed E-state index contributed by atoms with van der Waals surface area (Å²) in [6.07, 6.45) is 5.56. The monoisotopic (exact) mass is 243 g/mol. The molecule has 2 aromatic rings. The second kappa shape index (κ2) is 3.82. The van der Waals surface area contributed by atoms with E-state index in [1.165, 1.54) is 35.8 Å². The molecule has 1 aromatic heterocycles. The van der Waals surface area contributed by atoms with E-state index < -0.39 is 0 Å². The Morgan fingerprint density at radius 2 is 1.94 bits per heavy atom. The molecular formula is C15H17NS. The predicted molar refractivity (Wildman–Crippen MR) is 73.7 cm³/mol. The summed E-state index contributed by atoms with van der Waals surface area (Å²) in [6, 6.07) is 9.73. The summed E-state index contributed by atoms with van der Waals surface area (Å²) in [5.41, 5.74) is 1.67. The predicted octanol–water partition coefficient (Wildman–Crippen LogP) is 4.03. The minimum Gasteiger partial charge on any atom is -0.309 e. The molecule has 2 aliphatic rings. The average molecular weight is 243 g/mol. The van der Waals surface area contributed by atoms with Gasteiger partial charge in [-0.15, -0.1) is 11.3 Å². The number of thiophene rings is 1. The molecule has 0 amide bonds. The lowest BCUT2D eigenvalue weighted by atomic mass is 10.1. The molecule has 1 heterocycles. The Labute approximate surface area is 106 Å². The van der Waals surface area contributed by atoms with Crippen LogP contribution in [0.1, 0.15) is 42.0 Å². The fourth-order valence-electron chi connectivity index (χ4n) is 2.59. The minimum atomic E-state index is 0.812. The summed E-state index contributed by atoms with van der Waals surface area (Å²) in [6.45, 7) is 1.09. The molecule has 4 rings (SSSR count). The summed E-state index contributed by atoms with van der Waals surface area (Å²) >= 11 is 2.00. The Morgan fingerprint density at radius 1 is 1.12 bits per heavy atom. The molecule has 0 spiro atoms. The molecule has 1 nitrogen and oxygen atoms in total. The van der Waals surface area contributed by atoms with Crippen molar-refractivity contribution in [1.82, 2.24) is 5.32 Å². The van der Waals surface area contributed by atoms with E-state index in [2.05, 4.69) is 29.6 Å². The SMILES string of the molecule is c1ccc2c(C3CC3)c(CNC3CC3)sc2c1. The number of benzene rings is 1. The molecule has 2 fully saturated rings. The molecular weight excluding hydrogens is 226 g/mol. The number of rotatable bonds is 4. The van der Waals surface area contributed by atoms with E-state index in [4.69, 9.17) is 0 Å². The van der Waals surface area contributed by atoms with Crippen molar-refractivity contribution in [2.75, 3.05) is 0 Å². The van der Waals surface area contributed by atoms with Crippen LogP contribution in [0.5, 0.6) is 0 Å². The van der Waals surface area contributed by atoms with Crippen molar-refractivity contribution in [2.24, 2.45) is 0 Å². The molecule has 2 heteroatoms. The summed E-state index contributed by atoms with van der Waals surface area (Å²) in [5, 5.41) is 5.19. The van der Waals surface area contributed by atoms with Gasteiger partial charge in [-0.3, -0.25) is 0 Å². The third kappa shape index (κ3) is 1.90. The first kappa shape index (κ1) is 10.1. The summed E-state index contributed by atoms with van der Waals surface area (Å²) in [7, 11) is 0. The Morgan fingerprint density at radius 3 is 2.71 bits per heavy atom. The van der Waals surface area contributed by atoms with Crippen LogP contribution in [0.3, 0.4) is 0 Å². The molecule has 17 heavy (non-hydrogen) atoms. The van der Waals surface area contributed by atoms with E-state index in [-0.39, 0.29) is 0 Å². The largest absolute Gasteiger partial charge is 0.309 e. The highest BCUT2D eigenvalue weighted by molar-refractivity contribution is 7.19. The van der Waals surface area contributed by atoms with Gasteiger partial charge in [0, 0.05) is 22.2 Å². The topological polar surface area (TPSA) is 12.0 Å². The molecule has 1 aromatic carbocycles. The second-order valence-corrected chi connectivity index (χ2v) is 6.50. The molecule has 2 aliphatic carbocycles. The lowest BCUT2D eigenvalue weighted by Crippen LogP contribution is -2.15. The highest BCUT2D eigenvalue weighted by Crippen LogP contribution is 2.47. The molecule has 0 atom stereocenters. The van der Waals surface area contributed by atoms with Crippen molar-refractivity contribution in [3.63, 3.8) is 0 Å². The first-order valence-electron chi connectivity index (χ1n) is 6.65. The maximum Gasteiger partial charge on any atom is 0.0349 e. The highest BCUT2D eigenvalue weighted by atomic mass is 32.1. The molecule has 0 aliphatic heterocycles. The van der Waals surface area contributed by atoms with Crippen LogP contribution in [-0.4, -0.2) is 6.04 Å². The number of nitrogens with one attached hydrogen (secondary N) is 1. The van der Waals surface area contributed by atoms with E-state index in [1.54, 1.807) is 10.4 Å². The van der Waals surface area contributed by atoms with E-state index >= 15 is 0 Å². The van der Waals surface area contributed by atoms with Gasteiger partial charge in [0.25, 0.3) is 0 Å². The molecule has 0 unspecified atom stereocenters. The zero-order valence-corrected chi connectivity index (χ0v) is 10.7. The van der Waals surface area contributed by atoms with Crippen molar-refractivity contribution in [3.8, 4) is 0 Å². The Kier molecular flexibility index (Phi) is 2.27. The van der Waals surface area contributed by atoms with E-state index in [0.717, 1.165) is 18.5 Å². The van der Waals surface area contributed by atoms with Gasteiger partial charge in [0.05, 0.1) is 0 Å². The second-order valence-electron chi connectivity index (χ2n) is 5.36. The Balaban J connectivity index is 1.74. The number of hydrogen-bond donors (Lipinski definition) is 1. The van der Waals surface area contributed by atoms with Gasteiger partial charge in [0.15, 0.2) is 0 Å². The normalized spacial score (nSPS) is 20.0. The Hall–Kier alpha value is -0.860. The molecule has 0 saturated heterocycles. The Bertz CT molecular complexity index is 549. The van der Waals surface area contributed by atoms with Gasteiger partial charge in [-0.2, -0.15) is 0 Å². The number of fused-ring (bicyclic) bond motifs is 1. The average Bonchev–Trinajstić information content (AvgIpc) is 3.24. The van der Waals surface area contributed by atoms with E-state index in [1.807, 2.05) is 11.3 Å².